The molecule has 11 heteroatoms. The van der Waals surface area contributed by atoms with Crippen LogP contribution >= 0.6 is 23.5 Å². The molecule has 0 rings (SSSR count). The molecule has 0 heterocycles. The summed E-state index contributed by atoms with van der Waals surface area (Å²) in [5, 5.41) is 24.4. The average Bonchev–Trinajstić information content (AvgIpc) is 2.50. The fourth-order valence-electron chi connectivity index (χ4n) is 0.737. The highest BCUT2D eigenvalue weighted by Gasteiger charge is 2.09. The maximum absolute atomic E-state index is 10.1. The van der Waals surface area contributed by atoms with Gasteiger partial charge in [0.25, 0.3) is 0 Å². The van der Waals surface area contributed by atoms with Crippen molar-refractivity contribution < 1.29 is 29.7 Å². The number of hydrogen-bond donors (Lipinski definition) is 6. The van der Waals surface area contributed by atoms with Crippen molar-refractivity contribution in [3.63, 3.8) is 0 Å². The van der Waals surface area contributed by atoms with Crippen LogP contribution in [0.5, 0.6) is 0 Å². The monoisotopic (exact) mass is 387 g/mol. The molecule has 3 unspecified atom stereocenters. The zero-order valence-electron chi connectivity index (χ0n) is 14.2. The molecule has 0 aromatic rings. The van der Waals surface area contributed by atoms with E-state index in [2.05, 4.69) is 0 Å². The molecule has 0 fully saturated rings. The van der Waals surface area contributed by atoms with Gasteiger partial charge in [-0.3, -0.25) is 14.4 Å². The summed E-state index contributed by atoms with van der Waals surface area (Å²) in [6.07, 6.45) is 4.95. The van der Waals surface area contributed by atoms with Gasteiger partial charge in [-0.1, -0.05) is 0 Å². The highest BCUT2D eigenvalue weighted by molar-refractivity contribution is 7.98. The van der Waals surface area contributed by atoms with Crippen LogP contribution in [0, 0.1) is 0 Å². The van der Waals surface area contributed by atoms with Crippen LogP contribution in [-0.2, 0) is 14.4 Å². The summed E-state index contributed by atoms with van der Waals surface area (Å²) in [7, 11) is 0. The van der Waals surface area contributed by atoms with Gasteiger partial charge in [0.1, 0.15) is 18.1 Å². The fraction of sp³-hybridized carbons (Fsp3) is 0.769. The minimum Gasteiger partial charge on any atom is -0.480 e. The molecule has 0 bridgehead atoms. The Kier molecular flexibility index (Phi) is 21.2. The van der Waals surface area contributed by atoms with Gasteiger partial charge in [0.05, 0.1) is 0 Å². The smallest absolute Gasteiger partial charge is 0.320 e. The molecule has 0 aliphatic carbocycles. The highest BCUT2D eigenvalue weighted by atomic mass is 32.2. The van der Waals surface area contributed by atoms with Gasteiger partial charge in [-0.2, -0.15) is 23.5 Å². The number of aliphatic carboxylic acids is 3. The summed E-state index contributed by atoms with van der Waals surface area (Å²) in [5.41, 5.74) is 15.2. The van der Waals surface area contributed by atoms with Crippen molar-refractivity contribution in [3.8, 4) is 0 Å². The van der Waals surface area contributed by atoms with Crippen molar-refractivity contribution >= 4 is 41.4 Å². The van der Waals surface area contributed by atoms with Crippen molar-refractivity contribution in [2.24, 2.45) is 17.2 Å². The standard InChI is InChI=1S/2C5H11NO2S.C3H7NO2/c2*1-9-3-2-4(6)5(7)8;1-2(4)3(5)6/h2*4H,2-3,6H2,1H3,(H,7,8);2H,4H2,1H3,(H,5,6). The number of carbonyl (C=O) groups is 3. The van der Waals surface area contributed by atoms with E-state index < -0.39 is 36.0 Å². The summed E-state index contributed by atoms with van der Waals surface area (Å²) in [5.74, 6) is -1.16. The second-order valence-corrected chi connectivity index (χ2v) is 6.55. The van der Waals surface area contributed by atoms with Crippen LogP contribution in [0.3, 0.4) is 0 Å². The first-order chi connectivity index (χ1) is 11.0. The van der Waals surface area contributed by atoms with Gasteiger partial charge in [-0.05, 0) is 43.8 Å². The van der Waals surface area contributed by atoms with Gasteiger partial charge in [0.2, 0.25) is 0 Å². The van der Waals surface area contributed by atoms with E-state index >= 15 is 0 Å². The Balaban J connectivity index is -0.000000282. The number of nitrogens with two attached hydrogens (primary N) is 3. The Morgan fingerprint density at radius 2 is 1.04 bits per heavy atom. The van der Waals surface area contributed by atoms with Crippen molar-refractivity contribution in [1.29, 1.82) is 0 Å². The van der Waals surface area contributed by atoms with E-state index in [-0.39, 0.29) is 0 Å². The SMILES string of the molecule is CC(N)C(=O)O.CSCCC(N)C(=O)O.CSCCC(N)C(=O)O. The zero-order valence-corrected chi connectivity index (χ0v) is 15.8. The van der Waals surface area contributed by atoms with Crippen molar-refractivity contribution in [2.45, 2.75) is 37.9 Å². The van der Waals surface area contributed by atoms with Crippen LogP contribution in [0.1, 0.15) is 19.8 Å². The third kappa shape index (κ3) is 23.3. The van der Waals surface area contributed by atoms with Crippen molar-refractivity contribution in [3.05, 3.63) is 0 Å². The molecule has 0 spiro atoms. The van der Waals surface area contributed by atoms with E-state index in [1.165, 1.54) is 6.92 Å². The first-order valence-corrected chi connectivity index (χ1v) is 9.72. The van der Waals surface area contributed by atoms with E-state index in [0.29, 0.717) is 12.8 Å². The molecule has 0 saturated heterocycles. The second-order valence-electron chi connectivity index (χ2n) is 4.58. The Morgan fingerprint density at radius 3 is 1.17 bits per heavy atom. The molecule has 0 aromatic carbocycles. The van der Waals surface area contributed by atoms with Crippen LogP contribution in [-0.4, -0.2) is 75.4 Å². The molecule has 0 saturated carbocycles. The van der Waals surface area contributed by atoms with Gasteiger partial charge in [0.15, 0.2) is 0 Å². The summed E-state index contributed by atoms with van der Waals surface area (Å²) in [6.45, 7) is 1.42. The first kappa shape index (κ1) is 27.8. The van der Waals surface area contributed by atoms with E-state index in [4.69, 9.17) is 32.5 Å². The van der Waals surface area contributed by atoms with E-state index in [9.17, 15) is 14.4 Å². The van der Waals surface area contributed by atoms with Gasteiger partial charge in [0, 0.05) is 0 Å². The number of rotatable bonds is 9. The van der Waals surface area contributed by atoms with Crippen LogP contribution in [0.25, 0.3) is 0 Å². The van der Waals surface area contributed by atoms with Crippen molar-refractivity contribution in [2.75, 3.05) is 24.0 Å². The normalized spacial score (nSPS) is 13.2. The third-order valence-electron chi connectivity index (χ3n) is 2.29. The predicted molar refractivity (Wildman–Crippen MR) is 98.5 cm³/mol. The lowest BCUT2D eigenvalue weighted by Crippen LogP contribution is -2.30. The third-order valence-corrected chi connectivity index (χ3v) is 3.58. The quantitative estimate of drug-likeness (QED) is 0.305. The minimum absolute atomic E-state index is 0.552. The molecular formula is C13H29N3O6S2. The van der Waals surface area contributed by atoms with Gasteiger partial charge < -0.3 is 32.5 Å². The molecule has 0 aromatic heterocycles. The maximum Gasteiger partial charge on any atom is 0.320 e. The lowest BCUT2D eigenvalue weighted by molar-refractivity contribution is -0.139. The van der Waals surface area contributed by atoms with E-state index in [1.807, 2.05) is 12.5 Å². The molecule has 9 nitrogen and oxygen atoms in total. The van der Waals surface area contributed by atoms with E-state index in [1.54, 1.807) is 23.5 Å². The molecule has 24 heavy (non-hydrogen) atoms. The highest BCUT2D eigenvalue weighted by Crippen LogP contribution is 1.98. The average molecular weight is 388 g/mol. The molecule has 0 aliphatic heterocycles. The summed E-state index contributed by atoms with van der Waals surface area (Å²) in [4.78, 5) is 29.7. The Morgan fingerprint density at radius 1 is 0.792 bits per heavy atom. The molecule has 0 aliphatic rings. The maximum atomic E-state index is 10.1. The number of hydrogen-bond acceptors (Lipinski definition) is 8. The molecule has 3 atom stereocenters. The first-order valence-electron chi connectivity index (χ1n) is 6.94. The van der Waals surface area contributed by atoms with Crippen LogP contribution < -0.4 is 17.2 Å². The van der Waals surface area contributed by atoms with Crippen molar-refractivity contribution in [1.82, 2.24) is 0 Å². The molecule has 0 amide bonds. The number of thioether (sulfide) groups is 2. The largest absolute Gasteiger partial charge is 0.480 e. The number of carboxylic acid groups (broad SMARTS) is 3. The fourth-order valence-corrected chi connectivity index (χ4v) is 1.72. The second kappa shape index (κ2) is 18.3. The summed E-state index contributed by atoms with van der Waals surface area (Å²) in [6, 6.07) is -2.10. The lowest BCUT2D eigenvalue weighted by atomic mass is 10.2. The van der Waals surface area contributed by atoms with Crippen LogP contribution in [0.15, 0.2) is 0 Å². The van der Waals surface area contributed by atoms with Crippen LogP contribution in [0.2, 0.25) is 0 Å². The molecule has 0 radical (unpaired) electrons. The van der Waals surface area contributed by atoms with Gasteiger partial charge >= 0.3 is 17.9 Å². The summed E-state index contributed by atoms with van der Waals surface area (Å²) >= 11 is 3.21. The predicted octanol–water partition coefficient (Wildman–Crippen LogP) is -0.279. The van der Waals surface area contributed by atoms with Crippen LogP contribution in [0.4, 0.5) is 0 Å². The van der Waals surface area contributed by atoms with E-state index in [0.717, 1.165) is 11.5 Å². The van der Waals surface area contributed by atoms with Gasteiger partial charge in [-0.15, -0.1) is 0 Å². The molecule has 9 N–H and O–H groups in total. The topological polar surface area (TPSA) is 190 Å². The molecular weight excluding hydrogens is 358 g/mol. The number of carboxylic acids is 3. The zero-order chi connectivity index (χ0) is 19.7. The molecule has 144 valence electrons. The Labute approximate surface area is 150 Å². The Hall–Kier alpha value is -1.01. The lowest BCUT2D eigenvalue weighted by Gasteiger charge is -2.02. The summed E-state index contributed by atoms with van der Waals surface area (Å²) < 4.78 is 0. The minimum atomic E-state index is -0.963. The Bertz CT molecular complexity index is 335. The van der Waals surface area contributed by atoms with Gasteiger partial charge in [-0.25, -0.2) is 0 Å².